The molecule has 0 aromatic heterocycles. The van der Waals surface area contributed by atoms with E-state index in [-0.39, 0.29) is 22.1 Å². The van der Waals surface area contributed by atoms with Crippen LogP contribution in [0.2, 0.25) is 5.02 Å². The number of fused-ring (bicyclic) bond motifs is 1. The molecule has 0 bridgehead atoms. The summed E-state index contributed by atoms with van der Waals surface area (Å²) in [6.07, 6.45) is 0. The minimum Gasteiger partial charge on any atom is -0.486 e. The molecule has 2 aromatic rings. The predicted molar refractivity (Wildman–Crippen MR) is 97.1 cm³/mol. The molecule has 26 heavy (non-hydrogen) atoms. The van der Waals surface area contributed by atoms with Crippen molar-refractivity contribution in [2.75, 3.05) is 13.2 Å². The second kappa shape index (κ2) is 7.43. The van der Waals surface area contributed by atoms with Crippen LogP contribution in [0.4, 0.5) is 0 Å². The van der Waals surface area contributed by atoms with Crippen LogP contribution in [0.25, 0.3) is 0 Å². The fraction of sp³-hybridized carbons (Fsp3) is 0.188. The van der Waals surface area contributed by atoms with Gasteiger partial charge in [0.05, 0.1) is 15.5 Å². The Balaban J connectivity index is 1.79. The van der Waals surface area contributed by atoms with Crippen molar-refractivity contribution in [3.8, 4) is 11.5 Å². The fourth-order valence-electron chi connectivity index (χ4n) is 2.28. The van der Waals surface area contributed by atoms with Crippen molar-refractivity contribution in [3.63, 3.8) is 0 Å². The monoisotopic (exact) mass is 461 g/mol. The second-order valence-electron chi connectivity index (χ2n) is 5.35. The molecule has 0 saturated carbocycles. The summed E-state index contributed by atoms with van der Waals surface area (Å²) in [5.74, 6) is 0.379. The van der Waals surface area contributed by atoms with Crippen molar-refractivity contribution >= 4 is 43.5 Å². The van der Waals surface area contributed by atoms with E-state index < -0.39 is 16.0 Å². The largest absolute Gasteiger partial charge is 0.486 e. The Morgan fingerprint density at radius 2 is 1.85 bits per heavy atom. The number of carbonyl (C=O) groups is 1. The maximum Gasteiger partial charge on any atom is 0.340 e. The Hall–Kier alpha value is -1.81. The normalized spacial score (nSPS) is 13.3. The van der Waals surface area contributed by atoms with Crippen molar-refractivity contribution in [1.82, 2.24) is 0 Å². The lowest BCUT2D eigenvalue weighted by Gasteiger charge is -2.20. The lowest BCUT2D eigenvalue weighted by Crippen LogP contribution is -2.16. The number of primary sulfonamides is 1. The Labute approximate surface area is 163 Å². The lowest BCUT2D eigenvalue weighted by atomic mass is 10.2. The van der Waals surface area contributed by atoms with Gasteiger partial charge in [-0.25, -0.2) is 18.4 Å². The van der Waals surface area contributed by atoms with Crippen molar-refractivity contribution in [2.45, 2.75) is 11.5 Å². The van der Waals surface area contributed by atoms with Crippen LogP contribution >= 0.6 is 27.5 Å². The standard InChI is InChI=1S/C16H13BrClNO6S/c17-12-7-15-14(23-3-4-24-15)5-9(12)8-25-16(20)11-6-10(26(19,21)22)1-2-13(11)18/h1-2,5-7H,3-4,8H2,(H2,19,21,22). The number of hydrogen-bond acceptors (Lipinski definition) is 6. The number of halogens is 2. The van der Waals surface area contributed by atoms with E-state index in [0.717, 1.165) is 6.07 Å². The highest BCUT2D eigenvalue weighted by Crippen LogP contribution is 2.36. The Morgan fingerprint density at radius 3 is 2.50 bits per heavy atom. The summed E-state index contributed by atoms with van der Waals surface area (Å²) in [5, 5.41) is 5.13. The summed E-state index contributed by atoms with van der Waals surface area (Å²) in [6, 6.07) is 7.00. The fourth-order valence-corrected chi connectivity index (χ4v) is 3.45. The van der Waals surface area contributed by atoms with Crippen LogP contribution in [-0.2, 0) is 21.4 Å². The molecule has 3 rings (SSSR count). The van der Waals surface area contributed by atoms with Crippen molar-refractivity contribution < 1.29 is 27.4 Å². The van der Waals surface area contributed by atoms with E-state index in [1.807, 2.05) is 0 Å². The number of hydrogen-bond donors (Lipinski definition) is 1. The first kappa shape index (κ1) is 19.0. The van der Waals surface area contributed by atoms with Gasteiger partial charge in [-0.15, -0.1) is 0 Å². The van der Waals surface area contributed by atoms with Gasteiger partial charge in [0.2, 0.25) is 10.0 Å². The van der Waals surface area contributed by atoms with Crippen molar-refractivity contribution in [2.24, 2.45) is 5.14 Å². The molecule has 138 valence electrons. The topological polar surface area (TPSA) is 105 Å². The molecular weight excluding hydrogens is 450 g/mol. The van der Waals surface area contributed by atoms with Gasteiger partial charge >= 0.3 is 5.97 Å². The smallest absolute Gasteiger partial charge is 0.340 e. The number of esters is 1. The van der Waals surface area contributed by atoms with E-state index in [1.54, 1.807) is 12.1 Å². The van der Waals surface area contributed by atoms with Crippen LogP contribution < -0.4 is 14.6 Å². The molecule has 1 aliphatic rings. The summed E-state index contributed by atoms with van der Waals surface area (Å²) in [5.41, 5.74) is 0.563. The van der Waals surface area contributed by atoms with Gasteiger partial charge in [-0.05, 0) is 30.3 Å². The number of nitrogens with two attached hydrogens (primary N) is 1. The summed E-state index contributed by atoms with van der Waals surface area (Å²) in [7, 11) is -3.96. The van der Waals surface area contributed by atoms with Gasteiger partial charge in [0.15, 0.2) is 11.5 Å². The Morgan fingerprint density at radius 1 is 1.19 bits per heavy atom. The number of benzene rings is 2. The number of ether oxygens (including phenoxy) is 3. The minimum absolute atomic E-state index is 0.0589. The first-order valence-corrected chi connectivity index (χ1v) is 10.0. The van der Waals surface area contributed by atoms with Gasteiger partial charge in [-0.1, -0.05) is 27.5 Å². The second-order valence-corrected chi connectivity index (χ2v) is 8.17. The van der Waals surface area contributed by atoms with Crippen molar-refractivity contribution in [1.29, 1.82) is 0 Å². The minimum atomic E-state index is -3.96. The van der Waals surface area contributed by atoms with Gasteiger partial charge in [-0.3, -0.25) is 0 Å². The molecule has 0 amide bonds. The van der Waals surface area contributed by atoms with E-state index in [9.17, 15) is 13.2 Å². The summed E-state index contributed by atoms with van der Waals surface area (Å²) >= 11 is 9.35. The first-order valence-electron chi connectivity index (χ1n) is 7.33. The molecule has 0 spiro atoms. The quantitative estimate of drug-likeness (QED) is 0.701. The molecule has 1 heterocycles. The molecular formula is C16H13BrClNO6S. The first-order chi connectivity index (χ1) is 12.3. The summed E-state index contributed by atoms with van der Waals surface area (Å²) < 4.78 is 39.7. The van der Waals surface area contributed by atoms with Gasteiger partial charge in [0.25, 0.3) is 0 Å². The molecule has 0 atom stereocenters. The van der Waals surface area contributed by atoms with Crippen LogP contribution in [0, 0.1) is 0 Å². The van der Waals surface area contributed by atoms with E-state index >= 15 is 0 Å². The molecule has 2 N–H and O–H groups in total. The molecule has 1 aliphatic heterocycles. The molecule has 0 radical (unpaired) electrons. The Bertz CT molecular complexity index is 979. The molecule has 10 heteroatoms. The SMILES string of the molecule is NS(=O)(=O)c1ccc(Cl)c(C(=O)OCc2cc3c(cc2Br)OCCO3)c1. The average molecular weight is 463 g/mol. The molecule has 7 nitrogen and oxygen atoms in total. The third-order valence-corrected chi connectivity index (χ3v) is 5.54. The third kappa shape index (κ3) is 4.12. The molecule has 2 aromatic carbocycles. The van der Waals surface area contributed by atoms with Crippen LogP contribution in [0.15, 0.2) is 39.7 Å². The zero-order chi connectivity index (χ0) is 18.9. The lowest BCUT2D eigenvalue weighted by molar-refractivity contribution is 0.0471. The van der Waals surface area contributed by atoms with Gasteiger partial charge in [-0.2, -0.15) is 0 Å². The zero-order valence-electron chi connectivity index (χ0n) is 13.2. The molecule has 0 aliphatic carbocycles. The van der Waals surface area contributed by atoms with Crippen LogP contribution in [0.5, 0.6) is 11.5 Å². The summed E-state index contributed by atoms with van der Waals surface area (Å²) in [4.78, 5) is 12.1. The number of sulfonamides is 1. The van der Waals surface area contributed by atoms with E-state index in [1.165, 1.54) is 12.1 Å². The van der Waals surface area contributed by atoms with Gasteiger partial charge < -0.3 is 14.2 Å². The van der Waals surface area contributed by atoms with Crippen LogP contribution in [-0.4, -0.2) is 27.6 Å². The summed E-state index contributed by atoms with van der Waals surface area (Å²) in [6.45, 7) is 0.822. The molecule has 0 fully saturated rings. The predicted octanol–water partition coefficient (Wildman–Crippen LogP) is 2.88. The Kier molecular flexibility index (Phi) is 5.42. The van der Waals surface area contributed by atoms with Crippen molar-refractivity contribution in [3.05, 3.63) is 51.0 Å². The maximum atomic E-state index is 12.3. The van der Waals surface area contributed by atoms with Gasteiger partial charge in [0.1, 0.15) is 19.8 Å². The maximum absolute atomic E-state index is 12.3. The van der Waals surface area contributed by atoms with Crippen LogP contribution in [0.1, 0.15) is 15.9 Å². The highest BCUT2D eigenvalue weighted by Gasteiger charge is 2.19. The van der Waals surface area contributed by atoms with E-state index in [4.69, 9.17) is 31.0 Å². The highest BCUT2D eigenvalue weighted by molar-refractivity contribution is 9.10. The van der Waals surface area contributed by atoms with Crippen LogP contribution in [0.3, 0.4) is 0 Å². The number of carbonyl (C=O) groups excluding carboxylic acids is 1. The van der Waals surface area contributed by atoms with E-state index in [2.05, 4.69) is 15.9 Å². The molecule has 0 saturated heterocycles. The third-order valence-electron chi connectivity index (χ3n) is 3.56. The van der Waals surface area contributed by atoms with Gasteiger partial charge in [0, 0.05) is 10.0 Å². The average Bonchev–Trinajstić information content (AvgIpc) is 2.59. The number of rotatable bonds is 4. The van der Waals surface area contributed by atoms with E-state index in [0.29, 0.717) is 34.7 Å². The molecule has 0 unspecified atom stereocenters. The highest BCUT2D eigenvalue weighted by atomic mass is 79.9. The zero-order valence-corrected chi connectivity index (χ0v) is 16.4.